The van der Waals surface area contributed by atoms with Crippen molar-refractivity contribution < 1.29 is 0 Å². The van der Waals surface area contributed by atoms with Crippen molar-refractivity contribution >= 4 is 17.3 Å². The van der Waals surface area contributed by atoms with Crippen molar-refractivity contribution in [2.45, 2.75) is 26.2 Å². The molecule has 0 spiro atoms. The minimum absolute atomic E-state index is 0.576. The molecule has 0 heterocycles. The molecule has 0 saturated heterocycles. The van der Waals surface area contributed by atoms with Crippen LogP contribution in [0.5, 0.6) is 0 Å². The van der Waals surface area contributed by atoms with Gasteiger partial charge in [0.25, 0.3) is 0 Å². The van der Waals surface area contributed by atoms with Crippen molar-refractivity contribution in [2.75, 3.05) is 5.73 Å². The molecule has 1 rings (SSSR count). The Morgan fingerprint density at radius 1 is 1.43 bits per heavy atom. The van der Waals surface area contributed by atoms with E-state index < -0.39 is 0 Å². The van der Waals surface area contributed by atoms with Crippen LogP contribution in [-0.4, -0.2) is 0 Å². The van der Waals surface area contributed by atoms with Gasteiger partial charge in [-0.3, -0.25) is 0 Å². The maximum absolute atomic E-state index is 5.86. The topological polar surface area (TPSA) is 26.0 Å². The molecule has 0 unspecified atom stereocenters. The Balaban J connectivity index is 2.66. The molecule has 1 aromatic carbocycles. The average molecular weight is 208 g/mol. The molecule has 0 atom stereocenters. The Labute approximate surface area is 90.3 Å². The number of halogens is 1. The van der Waals surface area contributed by atoms with E-state index in [9.17, 15) is 0 Å². The lowest BCUT2D eigenvalue weighted by Crippen LogP contribution is -1.86. The van der Waals surface area contributed by atoms with Gasteiger partial charge in [-0.05, 0) is 24.6 Å². The van der Waals surface area contributed by atoms with E-state index in [0.717, 1.165) is 18.4 Å². The number of unbranched alkanes of at least 4 members (excludes halogenated alkanes) is 2. The fourth-order valence-corrected chi connectivity index (χ4v) is 1.22. The highest BCUT2D eigenvalue weighted by Crippen LogP contribution is 2.18. The van der Waals surface area contributed by atoms with Crippen molar-refractivity contribution in [2.24, 2.45) is 0 Å². The summed E-state index contributed by atoms with van der Waals surface area (Å²) in [4.78, 5) is 0. The van der Waals surface area contributed by atoms with Gasteiger partial charge in [-0.15, -0.1) is 0 Å². The predicted molar refractivity (Wildman–Crippen MR) is 62.3 cm³/mol. The van der Waals surface area contributed by atoms with Crippen molar-refractivity contribution in [3.8, 4) is 11.8 Å². The predicted octanol–water partition coefficient (Wildman–Crippen LogP) is 3.46. The standard InChI is InChI=1S/C12H14ClN/c1-2-3-4-5-6-10-7-8-12(14)11(13)9-10/h7-9H,2-4,14H2,1H3. The molecule has 2 heteroatoms. The number of nitrogen functional groups attached to an aromatic ring is 1. The summed E-state index contributed by atoms with van der Waals surface area (Å²) in [6, 6.07) is 5.47. The first kappa shape index (κ1) is 10.9. The van der Waals surface area contributed by atoms with Crippen LogP contribution in [0.15, 0.2) is 18.2 Å². The zero-order valence-electron chi connectivity index (χ0n) is 8.31. The first-order chi connectivity index (χ1) is 6.74. The fraction of sp³-hybridized carbons (Fsp3) is 0.333. The van der Waals surface area contributed by atoms with Crippen molar-refractivity contribution in [3.05, 3.63) is 28.8 Å². The molecule has 1 aromatic rings. The van der Waals surface area contributed by atoms with Gasteiger partial charge in [0.1, 0.15) is 0 Å². The van der Waals surface area contributed by atoms with Crippen LogP contribution >= 0.6 is 11.6 Å². The lowest BCUT2D eigenvalue weighted by Gasteiger charge is -1.96. The van der Waals surface area contributed by atoms with Gasteiger partial charge in [0.2, 0.25) is 0 Å². The van der Waals surface area contributed by atoms with Crippen LogP contribution in [0.4, 0.5) is 5.69 Å². The first-order valence-corrected chi connectivity index (χ1v) is 5.15. The molecular formula is C12H14ClN. The molecule has 2 N–H and O–H groups in total. The molecule has 0 radical (unpaired) electrons. The van der Waals surface area contributed by atoms with Crippen molar-refractivity contribution in [1.29, 1.82) is 0 Å². The van der Waals surface area contributed by atoms with Gasteiger partial charge in [-0.2, -0.15) is 0 Å². The summed E-state index contributed by atoms with van der Waals surface area (Å²) < 4.78 is 0. The van der Waals surface area contributed by atoms with Crippen LogP contribution in [0.3, 0.4) is 0 Å². The first-order valence-electron chi connectivity index (χ1n) is 4.78. The van der Waals surface area contributed by atoms with Crippen LogP contribution in [0.1, 0.15) is 31.7 Å². The van der Waals surface area contributed by atoms with E-state index in [4.69, 9.17) is 17.3 Å². The van der Waals surface area contributed by atoms with Crippen LogP contribution in [0, 0.1) is 11.8 Å². The van der Waals surface area contributed by atoms with E-state index in [1.807, 2.05) is 6.07 Å². The maximum atomic E-state index is 5.86. The summed E-state index contributed by atoms with van der Waals surface area (Å²) in [5.74, 6) is 6.16. The molecule has 0 saturated carbocycles. The molecule has 0 aliphatic carbocycles. The highest BCUT2D eigenvalue weighted by Gasteiger charge is 1.94. The zero-order chi connectivity index (χ0) is 10.4. The van der Waals surface area contributed by atoms with Crippen LogP contribution < -0.4 is 5.73 Å². The van der Waals surface area contributed by atoms with E-state index in [-0.39, 0.29) is 0 Å². The van der Waals surface area contributed by atoms with E-state index >= 15 is 0 Å². The van der Waals surface area contributed by atoms with Crippen LogP contribution in [0.2, 0.25) is 5.02 Å². The third-order valence-corrected chi connectivity index (χ3v) is 2.22. The lowest BCUT2D eigenvalue weighted by molar-refractivity contribution is 0.828. The fourth-order valence-electron chi connectivity index (χ4n) is 1.03. The quantitative estimate of drug-likeness (QED) is 0.449. The van der Waals surface area contributed by atoms with Gasteiger partial charge < -0.3 is 5.73 Å². The van der Waals surface area contributed by atoms with Crippen molar-refractivity contribution in [1.82, 2.24) is 0 Å². The molecule has 0 aliphatic heterocycles. The van der Waals surface area contributed by atoms with Gasteiger partial charge in [-0.25, -0.2) is 0 Å². The third kappa shape index (κ3) is 3.32. The SMILES string of the molecule is CCCCC#Cc1ccc(N)c(Cl)c1. The highest BCUT2D eigenvalue weighted by atomic mass is 35.5. The maximum Gasteiger partial charge on any atom is 0.0647 e. The van der Waals surface area contributed by atoms with Gasteiger partial charge >= 0.3 is 0 Å². The summed E-state index contributed by atoms with van der Waals surface area (Å²) in [6.07, 6.45) is 3.27. The number of hydrogen-bond donors (Lipinski definition) is 1. The number of rotatable bonds is 2. The molecule has 0 aliphatic rings. The summed E-state index contributed by atoms with van der Waals surface area (Å²) in [5, 5.41) is 0.576. The second-order valence-corrected chi connectivity index (χ2v) is 3.55. The Morgan fingerprint density at radius 3 is 2.86 bits per heavy atom. The number of hydrogen-bond acceptors (Lipinski definition) is 1. The highest BCUT2D eigenvalue weighted by molar-refractivity contribution is 6.33. The summed E-state index contributed by atoms with van der Waals surface area (Å²) in [5.41, 5.74) is 7.12. The Morgan fingerprint density at radius 2 is 2.21 bits per heavy atom. The molecule has 0 aromatic heterocycles. The van der Waals surface area contributed by atoms with Gasteiger partial charge in [0.05, 0.1) is 10.7 Å². The second-order valence-electron chi connectivity index (χ2n) is 3.14. The van der Waals surface area contributed by atoms with E-state index in [0.29, 0.717) is 10.7 Å². The minimum Gasteiger partial charge on any atom is -0.398 e. The van der Waals surface area contributed by atoms with Gasteiger partial charge in [0.15, 0.2) is 0 Å². The van der Waals surface area contributed by atoms with Gasteiger partial charge in [0, 0.05) is 12.0 Å². The zero-order valence-corrected chi connectivity index (χ0v) is 9.06. The molecule has 1 nitrogen and oxygen atoms in total. The smallest absolute Gasteiger partial charge is 0.0647 e. The molecular weight excluding hydrogens is 194 g/mol. The Kier molecular flexibility index (Phi) is 4.35. The van der Waals surface area contributed by atoms with E-state index in [1.54, 1.807) is 12.1 Å². The average Bonchev–Trinajstić information content (AvgIpc) is 2.18. The Bertz CT molecular complexity index is 360. The minimum atomic E-state index is 0.576. The lowest BCUT2D eigenvalue weighted by atomic mass is 10.2. The molecule has 0 amide bonds. The summed E-state index contributed by atoms with van der Waals surface area (Å²) in [7, 11) is 0. The summed E-state index contributed by atoms with van der Waals surface area (Å²) in [6.45, 7) is 2.15. The van der Waals surface area contributed by atoms with Crippen molar-refractivity contribution in [3.63, 3.8) is 0 Å². The van der Waals surface area contributed by atoms with Crippen LogP contribution in [-0.2, 0) is 0 Å². The second kappa shape index (κ2) is 5.57. The van der Waals surface area contributed by atoms with E-state index in [2.05, 4.69) is 18.8 Å². The number of benzene rings is 1. The number of nitrogens with two attached hydrogens (primary N) is 1. The van der Waals surface area contributed by atoms with Gasteiger partial charge in [-0.1, -0.05) is 36.8 Å². The third-order valence-electron chi connectivity index (χ3n) is 1.89. The normalized spacial score (nSPS) is 9.29. The van der Waals surface area contributed by atoms with Crippen LogP contribution in [0.25, 0.3) is 0 Å². The van der Waals surface area contributed by atoms with E-state index in [1.165, 1.54) is 6.42 Å². The summed E-state index contributed by atoms with van der Waals surface area (Å²) >= 11 is 5.86. The number of anilines is 1. The largest absolute Gasteiger partial charge is 0.398 e. The molecule has 14 heavy (non-hydrogen) atoms. The Hall–Kier alpha value is -1.13. The molecule has 0 fully saturated rings. The molecule has 74 valence electrons. The monoisotopic (exact) mass is 207 g/mol. The molecule has 0 bridgehead atoms.